The maximum atomic E-state index is 12.6. The maximum absolute atomic E-state index is 12.6. The summed E-state index contributed by atoms with van der Waals surface area (Å²) in [4.78, 5) is 11.0. The number of methoxy groups -OCH3 is 1. The number of rotatable bonds is 1. The van der Waals surface area contributed by atoms with Crippen LogP contribution in [-0.2, 0) is 4.74 Å². The van der Waals surface area contributed by atoms with Crippen molar-refractivity contribution in [1.82, 2.24) is 0 Å². The minimum atomic E-state index is -0.514. The summed E-state index contributed by atoms with van der Waals surface area (Å²) >= 11 is 3.96. The van der Waals surface area contributed by atoms with Crippen LogP contribution in [0.3, 0.4) is 0 Å². The van der Waals surface area contributed by atoms with Crippen LogP contribution >= 0.6 is 27.3 Å². The number of thiophene rings is 1. The Kier molecular flexibility index (Phi) is 2.62. The summed E-state index contributed by atoms with van der Waals surface area (Å²) in [6, 6.07) is 1.14. The summed E-state index contributed by atoms with van der Waals surface area (Å²) in [6.45, 7) is 0. The zero-order chi connectivity index (χ0) is 8.43. The van der Waals surface area contributed by atoms with Crippen LogP contribution in [0.2, 0.25) is 0 Å². The van der Waals surface area contributed by atoms with E-state index in [-0.39, 0.29) is 4.88 Å². The van der Waals surface area contributed by atoms with Gasteiger partial charge in [-0.05, 0) is 15.9 Å². The van der Waals surface area contributed by atoms with Gasteiger partial charge in [-0.2, -0.15) is 0 Å². The topological polar surface area (TPSA) is 26.3 Å². The Labute approximate surface area is 75.1 Å². The molecule has 0 radical (unpaired) electrons. The van der Waals surface area contributed by atoms with Crippen LogP contribution < -0.4 is 0 Å². The lowest BCUT2D eigenvalue weighted by molar-refractivity contribution is 0.0606. The summed E-state index contributed by atoms with van der Waals surface area (Å²) in [7, 11) is 1.26. The summed E-state index contributed by atoms with van der Waals surface area (Å²) in [5, 5.41) is 0. The van der Waals surface area contributed by atoms with Gasteiger partial charge >= 0.3 is 5.97 Å². The third-order valence-corrected chi connectivity index (χ3v) is 2.77. The van der Waals surface area contributed by atoms with Crippen molar-refractivity contribution in [2.45, 2.75) is 0 Å². The van der Waals surface area contributed by atoms with Gasteiger partial charge in [0, 0.05) is 6.07 Å². The molecule has 1 aromatic heterocycles. The molecule has 0 unspecified atom stereocenters. The first-order chi connectivity index (χ1) is 5.15. The van der Waals surface area contributed by atoms with E-state index in [4.69, 9.17) is 0 Å². The van der Waals surface area contributed by atoms with Gasteiger partial charge in [-0.25, -0.2) is 9.18 Å². The van der Waals surface area contributed by atoms with E-state index in [1.54, 1.807) is 0 Å². The van der Waals surface area contributed by atoms with Crippen molar-refractivity contribution in [2.75, 3.05) is 7.11 Å². The Morgan fingerprint density at radius 1 is 1.82 bits per heavy atom. The van der Waals surface area contributed by atoms with Crippen LogP contribution in [-0.4, -0.2) is 13.1 Å². The van der Waals surface area contributed by atoms with E-state index >= 15 is 0 Å². The highest BCUT2D eigenvalue weighted by atomic mass is 79.9. The van der Waals surface area contributed by atoms with Gasteiger partial charge < -0.3 is 4.74 Å². The smallest absolute Gasteiger partial charge is 0.348 e. The molecule has 0 amide bonds. The molecular weight excluding hydrogens is 235 g/mol. The van der Waals surface area contributed by atoms with Crippen molar-refractivity contribution in [3.63, 3.8) is 0 Å². The van der Waals surface area contributed by atoms with Gasteiger partial charge in [-0.3, -0.25) is 0 Å². The Morgan fingerprint density at radius 2 is 2.45 bits per heavy atom. The molecule has 60 valence electrons. The van der Waals surface area contributed by atoms with Crippen LogP contribution in [0.15, 0.2) is 9.85 Å². The molecule has 2 nitrogen and oxygen atoms in total. The molecule has 0 N–H and O–H groups in total. The Bertz CT molecular complexity index is 265. The number of carbonyl (C=O) groups excluding carboxylic acids is 1. The Hall–Kier alpha value is -0.420. The van der Waals surface area contributed by atoms with E-state index < -0.39 is 11.8 Å². The van der Waals surface area contributed by atoms with Gasteiger partial charge in [-0.1, -0.05) is 0 Å². The van der Waals surface area contributed by atoms with Crippen molar-refractivity contribution in [1.29, 1.82) is 0 Å². The first-order valence-corrected chi connectivity index (χ1v) is 4.29. The highest BCUT2D eigenvalue weighted by molar-refractivity contribution is 9.11. The molecule has 0 aliphatic rings. The lowest BCUT2D eigenvalue weighted by atomic mass is 10.5. The van der Waals surface area contributed by atoms with Gasteiger partial charge in [0.1, 0.15) is 14.5 Å². The molecule has 0 atom stereocenters. The van der Waals surface area contributed by atoms with E-state index in [1.807, 2.05) is 0 Å². The molecule has 0 aliphatic heterocycles. The largest absolute Gasteiger partial charge is 0.465 e. The summed E-state index contributed by atoms with van der Waals surface area (Å²) in [6.07, 6.45) is 0. The average Bonchev–Trinajstić information content (AvgIpc) is 2.31. The first-order valence-electron chi connectivity index (χ1n) is 2.68. The molecule has 0 bridgehead atoms. The summed E-state index contributed by atoms with van der Waals surface area (Å²) in [5.41, 5.74) is 0. The number of carbonyl (C=O) groups is 1. The minimum Gasteiger partial charge on any atom is -0.465 e. The number of hydrogen-bond donors (Lipinski definition) is 0. The molecular formula is C6H4BrFO2S. The predicted octanol–water partition coefficient (Wildman–Crippen LogP) is 2.44. The normalized spacial score (nSPS) is 9.73. The molecule has 1 heterocycles. The van der Waals surface area contributed by atoms with Crippen molar-refractivity contribution in [3.8, 4) is 0 Å². The van der Waals surface area contributed by atoms with Crippen molar-refractivity contribution < 1.29 is 13.9 Å². The monoisotopic (exact) mass is 238 g/mol. The maximum Gasteiger partial charge on any atom is 0.348 e. The lowest BCUT2D eigenvalue weighted by Crippen LogP contribution is -1.96. The molecule has 0 spiro atoms. The second kappa shape index (κ2) is 3.32. The summed E-state index contributed by atoms with van der Waals surface area (Å²) < 4.78 is 17.3. The minimum absolute atomic E-state index is 0.261. The second-order valence-corrected chi connectivity index (χ2v) is 4.09. The van der Waals surface area contributed by atoms with Gasteiger partial charge in [0.15, 0.2) is 0 Å². The van der Waals surface area contributed by atoms with Gasteiger partial charge in [-0.15, -0.1) is 11.3 Å². The third kappa shape index (κ3) is 1.78. The van der Waals surface area contributed by atoms with Crippen LogP contribution in [0, 0.1) is 5.82 Å². The van der Waals surface area contributed by atoms with Crippen LogP contribution in [0.5, 0.6) is 0 Å². The SMILES string of the molecule is COC(=O)c1cc(F)c(Br)s1. The third-order valence-electron chi connectivity index (χ3n) is 1.03. The molecule has 0 aromatic carbocycles. The predicted molar refractivity (Wildman–Crippen MR) is 43.3 cm³/mol. The van der Waals surface area contributed by atoms with E-state index in [9.17, 15) is 9.18 Å². The standard InChI is InChI=1S/C6H4BrFO2S/c1-10-6(9)4-2-3(8)5(7)11-4/h2H,1H3. The zero-order valence-electron chi connectivity index (χ0n) is 5.56. The van der Waals surface area contributed by atoms with Gasteiger partial charge in [0.2, 0.25) is 0 Å². The van der Waals surface area contributed by atoms with Crippen LogP contribution in [0.4, 0.5) is 4.39 Å². The molecule has 1 aromatic rings. The Balaban J connectivity index is 2.97. The van der Waals surface area contributed by atoms with Crippen molar-refractivity contribution in [3.05, 3.63) is 20.5 Å². The fourth-order valence-electron chi connectivity index (χ4n) is 0.548. The molecule has 11 heavy (non-hydrogen) atoms. The lowest BCUT2D eigenvalue weighted by Gasteiger charge is -1.90. The highest BCUT2D eigenvalue weighted by Crippen LogP contribution is 2.26. The molecule has 1 rings (SSSR count). The molecule has 0 fully saturated rings. The zero-order valence-corrected chi connectivity index (χ0v) is 7.96. The first kappa shape index (κ1) is 8.67. The summed E-state index contributed by atoms with van der Waals surface area (Å²) in [5.74, 6) is -0.949. The van der Waals surface area contributed by atoms with Crippen LogP contribution in [0.25, 0.3) is 0 Å². The van der Waals surface area contributed by atoms with E-state index in [0.29, 0.717) is 3.79 Å². The van der Waals surface area contributed by atoms with E-state index in [0.717, 1.165) is 17.4 Å². The average molecular weight is 239 g/mol. The molecule has 0 saturated carbocycles. The van der Waals surface area contributed by atoms with Gasteiger partial charge in [0.05, 0.1) is 7.11 Å². The number of halogens is 2. The van der Waals surface area contributed by atoms with Crippen molar-refractivity contribution >= 4 is 33.2 Å². The van der Waals surface area contributed by atoms with Crippen molar-refractivity contribution in [2.24, 2.45) is 0 Å². The van der Waals surface area contributed by atoms with E-state index in [2.05, 4.69) is 20.7 Å². The quantitative estimate of drug-likeness (QED) is 0.703. The highest BCUT2D eigenvalue weighted by Gasteiger charge is 2.12. The van der Waals surface area contributed by atoms with Crippen LogP contribution in [0.1, 0.15) is 9.67 Å². The fraction of sp³-hybridized carbons (Fsp3) is 0.167. The van der Waals surface area contributed by atoms with Gasteiger partial charge in [0.25, 0.3) is 0 Å². The Morgan fingerprint density at radius 3 is 2.82 bits per heavy atom. The molecule has 0 aliphatic carbocycles. The number of hydrogen-bond acceptors (Lipinski definition) is 3. The second-order valence-electron chi connectivity index (χ2n) is 1.72. The molecule has 0 saturated heterocycles. The van der Waals surface area contributed by atoms with E-state index in [1.165, 1.54) is 7.11 Å². The fourth-order valence-corrected chi connectivity index (χ4v) is 1.86. The number of esters is 1. The number of ether oxygens (including phenoxy) is 1. The molecule has 5 heteroatoms.